The summed E-state index contributed by atoms with van der Waals surface area (Å²) < 4.78 is 11.0. The second-order valence-corrected chi connectivity index (χ2v) is 6.64. The van der Waals surface area contributed by atoms with E-state index in [1.165, 1.54) is 0 Å². The van der Waals surface area contributed by atoms with Gasteiger partial charge in [0, 0.05) is 24.7 Å². The predicted octanol–water partition coefficient (Wildman–Crippen LogP) is 3.02. The second kappa shape index (κ2) is 9.14. The van der Waals surface area contributed by atoms with Crippen LogP contribution in [-0.2, 0) is 11.2 Å². The Balaban J connectivity index is 1.87. The maximum absolute atomic E-state index is 6.28. The van der Waals surface area contributed by atoms with Crippen molar-refractivity contribution in [2.75, 3.05) is 33.4 Å². The Kier molecular flexibility index (Phi) is 7.18. The molecule has 0 radical (unpaired) electrons. The third-order valence-electron chi connectivity index (χ3n) is 4.16. The van der Waals surface area contributed by atoms with Gasteiger partial charge >= 0.3 is 0 Å². The van der Waals surface area contributed by atoms with E-state index < -0.39 is 0 Å². The summed E-state index contributed by atoms with van der Waals surface area (Å²) in [5, 5.41) is 7.36. The molecule has 0 aromatic heterocycles. The number of hydrogen-bond donors (Lipinski definition) is 2. The summed E-state index contributed by atoms with van der Waals surface area (Å²) in [6, 6.07) is 5.77. The van der Waals surface area contributed by atoms with Crippen LogP contribution in [-0.4, -0.2) is 44.9 Å². The minimum absolute atomic E-state index is 0.123. The van der Waals surface area contributed by atoms with Gasteiger partial charge in [0.05, 0.1) is 19.3 Å². The lowest BCUT2D eigenvalue weighted by atomic mass is 10.0. The van der Waals surface area contributed by atoms with Crippen LogP contribution < -0.4 is 15.4 Å². The third kappa shape index (κ3) is 5.56. The van der Waals surface area contributed by atoms with Gasteiger partial charge < -0.3 is 20.1 Å². The summed E-state index contributed by atoms with van der Waals surface area (Å²) in [7, 11) is 1.64. The van der Waals surface area contributed by atoms with Crippen molar-refractivity contribution in [1.82, 2.24) is 10.6 Å². The fourth-order valence-corrected chi connectivity index (χ4v) is 2.99. The molecule has 0 amide bonds. The van der Waals surface area contributed by atoms with Gasteiger partial charge in [-0.05, 0) is 50.8 Å². The molecule has 1 saturated heterocycles. The highest BCUT2D eigenvalue weighted by Gasteiger charge is 2.29. The number of nitrogens with zero attached hydrogens (tertiary/aromatic N) is 1. The zero-order valence-electron chi connectivity index (χ0n) is 14.8. The van der Waals surface area contributed by atoms with E-state index in [2.05, 4.69) is 29.5 Å². The molecule has 1 aliphatic rings. The Bertz CT molecular complexity index is 557. The van der Waals surface area contributed by atoms with Crippen molar-refractivity contribution in [2.45, 2.75) is 38.7 Å². The standard InChI is InChI=1S/C18H28ClN3O2/c1-4-20-17(22-13-18(2)9-5-11-24-18)21-10-8-14-6-7-15(23-3)12-16(14)19/h6-7,12H,4-5,8-11,13H2,1-3H3,(H2,20,21,22). The molecule has 5 nitrogen and oxygen atoms in total. The number of benzene rings is 1. The summed E-state index contributed by atoms with van der Waals surface area (Å²) in [4.78, 5) is 4.66. The van der Waals surface area contributed by atoms with Gasteiger partial charge in [-0.25, -0.2) is 0 Å². The van der Waals surface area contributed by atoms with Crippen molar-refractivity contribution >= 4 is 17.6 Å². The van der Waals surface area contributed by atoms with E-state index in [0.29, 0.717) is 6.54 Å². The summed E-state index contributed by atoms with van der Waals surface area (Å²) >= 11 is 6.28. The van der Waals surface area contributed by atoms with Gasteiger partial charge in [0.25, 0.3) is 0 Å². The number of hydrogen-bond acceptors (Lipinski definition) is 3. The van der Waals surface area contributed by atoms with E-state index in [9.17, 15) is 0 Å². The van der Waals surface area contributed by atoms with Gasteiger partial charge in [0.2, 0.25) is 0 Å². The molecule has 1 heterocycles. The Labute approximate surface area is 149 Å². The van der Waals surface area contributed by atoms with Gasteiger partial charge in [-0.2, -0.15) is 0 Å². The third-order valence-corrected chi connectivity index (χ3v) is 4.52. The first-order valence-electron chi connectivity index (χ1n) is 8.55. The zero-order chi connectivity index (χ0) is 17.4. The van der Waals surface area contributed by atoms with Crippen molar-refractivity contribution in [1.29, 1.82) is 0 Å². The summed E-state index contributed by atoms with van der Waals surface area (Å²) in [5.74, 6) is 1.59. The molecule has 0 spiro atoms. The monoisotopic (exact) mass is 353 g/mol. The van der Waals surface area contributed by atoms with Crippen LogP contribution in [0.15, 0.2) is 23.2 Å². The van der Waals surface area contributed by atoms with Gasteiger partial charge in [0.15, 0.2) is 5.96 Å². The van der Waals surface area contributed by atoms with E-state index in [0.717, 1.165) is 61.3 Å². The largest absolute Gasteiger partial charge is 0.497 e. The normalized spacial score (nSPS) is 20.9. The average molecular weight is 354 g/mol. The fourth-order valence-electron chi connectivity index (χ4n) is 2.72. The van der Waals surface area contributed by atoms with Gasteiger partial charge in [-0.15, -0.1) is 0 Å². The van der Waals surface area contributed by atoms with E-state index >= 15 is 0 Å². The van der Waals surface area contributed by atoms with Crippen LogP contribution in [0.1, 0.15) is 32.3 Å². The molecule has 1 unspecified atom stereocenters. The van der Waals surface area contributed by atoms with Crippen LogP contribution >= 0.6 is 11.6 Å². The molecule has 0 saturated carbocycles. The molecule has 0 aliphatic carbocycles. The van der Waals surface area contributed by atoms with Crippen molar-refractivity contribution < 1.29 is 9.47 Å². The Hall–Kier alpha value is -1.46. The molecular formula is C18H28ClN3O2. The molecule has 1 atom stereocenters. The first kappa shape index (κ1) is 18.9. The average Bonchev–Trinajstić information content (AvgIpc) is 3.01. The van der Waals surface area contributed by atoms with Crippen molar-refractivity contribution in [3.05, 3.63) is 28.8 Å². The molecule has 134 valence electrons. The predicted molar refractivity (Wildman–Crippen MR) is 99.3 cm³/mol. The van der Waals surface area contributed by atoms with Crippen molar-refractivity contribution in [3.8, 4) is 5.75 Å². The topological polar surface area (TPSA) is 54.9 Å². The van der Waals surface area contributed by atoms with E-state index in [1.54, 1.807) is 7.11 Å². The summed E-state index contributed by atoms with van der Waals surface area (Å²) in [6.45, 7) is 7.29. The Morgan fingerprint density at radius 2 is 2.25 bits per heavy atom. The van der Waals surface area contributed by atoms with Crippen LogP contribution in [0.5, 0.6) is 5.75 Å². The molecular weight excluding hydrogens is 326 g/mol. The van der Waals surface area contributed by atoms with Crippen LogP contribution in [0.2, 0.25) is 5.02 Å². The highest BCUT2D eigenvalue weighted by Crippen LogP contribution is 2.25. The lowest BCUT2D eigenvalue weighted by Crippen LogP contribution is -2.40. The number of halogens is 1. The van der Waals surface area contributed by atoms with Crippen LogP contribution in [0.3, 0.4) is 0 Å². The number of aliphatic imine (C=N–C) groups is 1. The zero-order valence-corrected chi connectivity index (χ0v) is 15.6. The smallest absolute Gasteiger partial charge is 0.191 e. The molecule has 1 aromatic rings. The SMILES string of the molecule is CCNC(=NCC1(C)CCCO1)NCCc1ccc(OC)cc1Cl. The quantitative estimate of drug-likeness (QED) is 0.584. The Morgan fingerprint density at radius 3 is 2.88 bits per heavy atom. The second-order valence-electron chi connectivity index (χ2n) is 6.23. The molecule has 2 rings (SSSR count). The van der Waals surface area contributed by atoms with E-state index in [-0.39, 0.29) is 5.60 Å². The summed E-state index contributed by atoms with van der Waals surface area (Å²) in [6.07, 6.45) is 3.00. The van der Waals surface area contributed by atoms with Crippen LogP contribution in [0, 0.1) is 0 Å². The van der Waals surface area contributed by atoms with Crippen LogP contribution in [0.4, 0.5) is 0 Å². The molecule has 24 heavy (non-hydrogen) atoms. The molecule has 6 heteroatoms. The molecule has 0 bridgehead atoms. The first-order chi connectivity index (χ1) is 11.6. The minimum Gasteiger partial charge on any atom is -0.497 e. The molecule has 2 N–H and O–H groups in total. The van der Waals surface area contributed by atoms with E-state index in [4.69, 9.17) is 21.1 Å². The number of guanidine groups is 1. The van der Waals surface area contributed by atoms with Crippen molar-refractivity contribution in [2.24, 2.45) is 4.99 Å². The number of methoxy groups -OCH3 is 1. The van der Waals surface area contributed by atoms with Gasteiger partial charge in [-0.1, -0.05) is 17.7 Å². The maximum Gasteiger partial charge on any atom is 0.191 e. The Morgan fingerprint density at radius 1 is 1.42 bits per heavy atom. The lowest BCUT2D eigenvalue weighted by Gasteiger charge is -2.21. The van der Waals surface area contributed by atoms with Crippen LogP contribution in [0.25, 0.3) is 0 Å². The molecule has 1 aromatic carbocycles. The van der Waals surface area contributed by atoms with Gasteiger partial charge in [0.1, 0.15) is 5.75 Å². The van der Waals surface area contributed by atoms with Gasteiger partial charge in [-0.3, -0.25) is 4.99 Å². The van der Waals surface area contributed by atoms with E-state index in [1.807, 2.05) is 18.2 Å². The molecule has 1 fully saturated rings. The lowest BCUT2D eigenvalue weighted by molar-refractivity contribution is 0.0283. The fraction of sp³-hybridized carbons (Fsp3) is 0.611. The highest BCUT2D eigenvalue weighted by atomic mass is 35.5. The number of nitrogens with one attached hydrogen (secondary N) is 2. The number of rotatable bonds is 7. The summed E-state index contributed by atoms with van der Waals surface area (Å²) in [5.41, 5.74) is 0.966. The highest BCUT2D eigenvalue weighted by molar-refractivity contribution is 6.31. The maximum atomic E-state index is 6.28. The first-order valence-corrected chi connectivity index (χ1v) is 8.92. The number of ether oxygens (including phenoxy) is 2. The minimum atomic E-state index is -0.123. The molecule has 1 aliphatic heterocycles. The van der Waals surface area contributed by atoms with Crippen molar-refractivity contribution in [3.63, 3.8) is 0 Å².